The van der Waals surface area contributed by atoms with Crippen LogP contribution < -0.4 is 5.32 Å². The molecule has 2 aromatic carbocycles. The van der Waals surface area contributed by atoms with Gasteiger partial charge in [-0.2, -0.15) is 0 Å². The minimum absolute atomic E-state index is 0.0743. The van der Waals surface area contributed by atoms with Crippen LogP contribution in [0.3, 0.4) is 0 Å². The van der Waals surface area contributed by atoms with Gasteiger partial charge in [0.05, 0.1) is 6.61 Å². The van der Waals surface area contributed by atoms with E-state index in [0.717, 1.165) is 24.1 Å². The number of rotatable bonds is 6. The standard InChI is InChI=1S/C17H21NO/c1-2-16(12-14-8-4-3-5-9-14)18-17-11-7-6-10-15(17)13-19/h3-11,16,18-19H,2,12-13H2,1H3. The van der Waals surface area contributed by atoms with E-state index in [-0.39, 0.29) is 6.61 Å². The number of anilines is 1. The molecule has 0 aromatic heterocycles. The van der Waals surface area contributed by atoms with Gasteiger partial charge in [-0.15, -0.1) is 0 Å². The lowest BCUT2D eigenvalue weighted by atomic mass is 10.0. The van der Waals surface area contributed by atoms with Crippen LogP contribution >= 0.6 is 0 Å². The molecule has 0 radical (unpaired) electrons. The first-order valence-corrected chi connectivity index (χ1v) is 6.82. The lowest BCUT2D eigenvalue weighted by Gasteiger charge is -2.20. The van der Waals surface area contributed by atoms with E-state index in [1.165, 1.54) is 5.56 Å². The van der Waals surface area contributed by atoms with Gasteiger partial charge in [0.1, 0.15) is 0 Å². The highest BCUT2D eigenvalue weighted by Gasteiger charge is 2.09. The molecule has 0 aliphatic rings. The second-order valence-electron chi connectivity index (χ2n) is 4.75. The molecule has 2 nitrogen and oxygen atoms in total. The summed E-state index contributed by atoms with van der Waals surface area (Å²) in [6.07, 6.45) is 2.05. The highest BCUT2D eigenvalue weighted by Crippen LogP contribution is 2.18. The molecular weight excluding hydrogens is 234 g/mol. The SMILES string of the molecule is CCC(Cc1ccccc1)Nc1ccccc1CO. The average molecular weight is 255 g/mol. The van der Waals surface area contributed by atoms with E-state index in [1.807, 2.05) is 30.3 Å². The maximum absolute atomic E-state index is 9.35. The third kappa shape index (κ3) is 3.83. The van der Waals surface area contributed by atoms with Gasteiger partial charge < -0.3 is 10.4 Å². The summed E-state index contributed by atoms with van der Waals surface area (Å²) in [5.41, 5.74) is 3.32. The van der Waals surface area contributed by atoms with Crippen molar-refractivity contribution in [1.82, 2.24) is 0 Å². The fraction of sp³-hybridized carbons (Fsp3) is 0.294. The highest BCUT2D eigenvalue weighted by molar-refractivity contribution is 5.51. The number of aliphatic hydroxyl groups is 1. The summed E-state index contributed by atoms with van der Waals surface area (Å²) in [6, 6.07) is 18.8. The number of para-hydroxylation sites is 1. The van der Waals surface area contributed by atoms with E-state index < -0.39 is 0 Å². The summed E-state index contributed by atoms with van der Waals surface area (Å²) in [5, 5.41) is 12.9. The van der Waals surface area contributed by atoms with Gasteiger partial charge in [0, 0.05) is 17.3 Å². The summed E-state index contributed by atoms with van der Waals surface area (Å²) in [6.45, 7) is 2.26. The molecule has 1 unspecified atom stereocenters. The van der Waals surface area contributed by atoms with E-state index in [2.05, 4.69) is 36.5 Å². The molecule has 1 atom stereocenters. The van der Waals surface area contributed by atoms with Crippen LogP contribution in [0.4, 0.5) is 5.69 Å². The number of benzene rings is 2. The molecule has 0 aliphatic heterocycles. The van der Waals surface area contributed by atoms with Gasteiger partial charge in [0.2, 0.25) is 0 Å². The molecule has 0 fully saturated rings. The summed E-state index contributed by atoms with van der Waals surface area (Å²) >= 11 is 0. The molecule has 2 heteroatoms. The summed E-state index contributed by atoms with van der Waals surface area (Å²) < 4.78 is 0. The monoisotopic (exact) mass is 255 g/mol. The van der Waals surface area contributed by atoms with Gasteiger partial charge >= 0.3 is 0 Å². The Bertz CT molecular complexity index is 496. The van der Waals surface area contributed by atoms with Crippen molar-refractivity contribution < 1.29 is 5.11 Å². The van der Waals surface area contributed by atoms with E-state index in [0.29, 0.717) is 6.04 Å². The quantitative estimate of drug-likeness (QED) is 0.826. The van der Waals surface area contributed by atoms with Gasteiger partial charge in [0.25, 0.3) is 0 Å². The Morgan fingerprint density at radius 3 is 2.37 bits per heavy atom. The fourth-order valence-corrected chi connectivity index (χ4v) is 2.21. The molecule has 0 saturated carbocycles. The molecule has 0 bridgehead atoms. The maximum Gasteiger partial charge on any atom is 0.0701 e. The van der Waals surface area contributed by atoms with Gasteiger partial charge in [0.15, 0.2) is 0 Å². The topological polar surface area (TPSA) is 32.3 Å². The van der Waals surface area contributed by atoms with Crippen LogP contribution in [0.15, 0.2) is 54.6 Å². The highest BCUT2D eigenvalue weighted by atomic mass is 16.3. The van der Waals surface area contributed by atoms with Crippen LogP contribution in [0.25, 0.3) is 0 Å². The first kappa shape index (κ1) is 13.6. The van der Waals surface area contributed by atoms with Crippen molar-refractivity contribution in [1.29, 1.82) is 0 Å². The normalized spacial score (nSPS) is 12.1. The maximum atomic E-state index is 9.35. The molecule has 2 rings (SSSR count). The first-order chi connectivity index (χ1) is 9.33. The Hall–Kier alpha value is -1.80. The van der Waals surface area contributed by atoms with Crippen LogP contribution in [0, 0.1) is 0 Å². The van der Waals surface area contributed by atoms with Gasteiger partial charge in [-0.05, 0) is 24.5 Å². The molecular formula is C17H21NO. The number of hydrogen-bond acceptors (Lipinski definition) is 2. The smallest absolute Gasteiger partial charge is 0.0701 e. The predicted octanol–water partition coefficient (Wildman–Crippen LogP) is 3.61. The molecule has 0 spiro atoms. The second kappa shape index (κ2) is 6.95. The van der Waals surface area contributed by atoms with Crippen molar-refractivity contribution in [3.05, 3.63) is 65.7 Å². The number of hydrogen-bond donors (Lipinski definition) is 2. The van der Waals surface area contributed by atoms with Crippen LogP contribution in [-0.2, 0) is 13.0 Å². The first-order valence-electron chi connectivity index (χ1n) is 6.82. The lowest BCUT2D eigenvalue weighted by molar-refractivity contribution is 0.282. The van der Waals surface area contributed by atoms with Gasteiger partial charge in [-0.25, -0.2) is 0 Å². The molecule has 0 saturated heterocycles. The lowest BCUT2D eigenvalue weighted by Crippen LogP contribution is -2.22. The van der Waals surface area contributed by atoms with Crippen molar-refractivity contribution in [2.24, 2.45) is 0 Å². The summed E-state index contributed by atoms with van der Waals surface area (Å²) in [5.74, 6) is 0. The predicted molar refractivity (Wildman–Crippen MR) is 80.2 cm³/mol. The zero-order valence-corrected chi connectivity index (χ0v) is 11.3. The van der Waals surface area contributed by atoms with Crippen molar-refractivity contribution in [3.63, 3.8) is 0 Å². The Kier molecular flexibility index (Phi) is 4.99. The van der Waals surface area contributed by atoms with Crippen molar-refractivity contribution >= 4 is 5.69 Å². The van der Waals surface area contributed by atoms with Crippen molar-refractivity contribution in [2.75, 3.05) is 5.32 Å². The Morgan fingerprint density at radius 2 is 1.68 bits per heavy atom. The number of nitrogens with one attached hydrogen (secondary N) is 1. The molecule has 0 amide bonds. The van der Waals surface area contributed by atoms with Crippen LogP contribution in [0.5, 0.6) is 0 Å². The third-order valence-electron chi connectivity index (χ3n) is 3.37. The fourth-order valence-electron chi connectivity index (χ4n) is 2.21. The molecule has 0 aliphatic carbocycles. The van der Waals surface area contributed by atoms with Gasteiger partial charge in [-0.3, -0.25) is 0 Å². The Balaban J connectivity index is 2.07. The molecule has 0 heterocycles. The van der Waals surface area contributed by atoms with Crippen LogP contribution in [0.1, 0.15) is 24.5 Å². The van der Waals surface area contributed by atoms with E-state index in [9.17, 15) is 5.11 Å². The van der Waals surface area contributed by atoms with E-state index in [1.54, 1.807) is 0 Å². The Labute approximate surface area is 115 Å². The third-order valence-corrected chi connectivity index (χ3v) is 3.37. The zero-order chi connectivity index (χ0) is 13.5. The molecule has 2 aromatic rings. The minimum atomic E-state index is 0.0743. The molecule has 2 N–H and O–H groups in total. The largest absolute Gasteiger partial charge is 0.392 e. The van der Waals surface area contributed by atoms with E-state index >= 15 is 0 Å². The summed E-state index contributed by atoms with van der Waals surface area (Å²) in [4.78, 5) is 0. The molecule has 19 heavy (non-hydrogen) atoms. The van der Waals surface area contributed by atoms with Crippen LogP contribution in [0.2, 0.25) is 0 Å². The van der Waals surface area contributed by atoms with Crippen LogP contribution in [-0.4, -0.2) is 11.1 Å². The minimum Gasteiger partial charge on any atom is -0.392 e. The van der Waals surface area contributed by atoms with Crippen molar-refractivity contribution in [3.8, 4) is 0 Å². The summed E-state index contributed by atoms with van der Waals surface area (Å²) in [7, 11) is 0. The van der Waals surface area contributed by atoms with E-state index in [4.69, 9.17) is 0 Å². The zero-order valence-electron chi connectivity index (χ0n) is 11.3. The second-order valence-corrected chi connectivity index (χ2v) is 4.75. The van der Waals surface area contributed by atoms with Crippen molar-refractivity contribution in [2.45, 2.75) is 32.4 Å². The van der Waals surface area contributed by atoms with Gasteiger partial charge in [-0.1, -0.05) is 55.5 Å². The average Bonchev–Trinajstić information content (AvgIpc) is 2.48. The molecule has 100 valence electrons. The number of aliphatic hydroxyl groups excluding tert-OH is 1. The Morgan fingerprint density at radius 1 is 1.00 bits per heavy atom.